The maximum Gasteiger partial charge on any atom is 0.254 e. The molecule has 0 bridgehead atoms. The van der Waals surface area contributed by atoms with Crippen LogP contribution in [-0.2, 0) is 0 Å². The van der Waals surface area contributed by atoms with E-state index < -0.39 is 0 Å². The number of carbonyl (C=O) groups is 1. The molecule has 26 heavy (non-hydrogen) atoms. The van der Waals surface area contributed by atoms with E-state index in [-0.39, 0.29) is 5.91 Å². The molecule has 140 valence electrons. The number of aromatic nitrogens is 1. The van der Waals surface area contributed by atoms with Gasteiger partial charge in [0.05, 0.1) is 11.1 Å². The van der Waals surface area contributed by atoms with Crippen LogP contribution in [0.25, 0.3) is 10.9 Å². The minimum Gasteiger partial charge on any atom is -0.357 e. The van der Waals surface area contributed by atoms with Gasteiger partial charge in [0, 0.05) is 31.6 Å². The van der Waals surface area contributed by atoms with Crippen molar-refractivity contribution in [2.45, 2.75) is 58.4 Å². The summed E-state index contributed by atoms with van der Waals surface area (Å²) in [5.74, 6) is 1.04. The van der Waals surface area contributed by atoms with Crippen molar-refractivity contribution in [3.05, 3.63) is 35.9 Å². The Balaban J connectivity index is 2.02. The molecule has 1 aromatic heterocycles. The molecule has 0 atom stereocenters. The average Bonchev–Trinajstić information content (AvgIpc) is 2.70. The molecule has 1 aliphatic rings. The third-order valence-corrected chi connectivity index (χ3v) is 5.58. The molecule has 1 heterocycles. The van der Waals surface area contributed by atoms with Crippen molar-refractivity contribution in [3.63, 3.8) is 0 Å². The normalized spacial score (nSPS) is 15.2. The van der Waals surface area contributed by atoms with E-state index in [4.69, 9.17) is 4.98 Å². The Morgan fingerprint density at radius 1 is 1.15 bits per heavy atom. The first-order valence-electron chi connectivity index (χ1n) is 10.1. The zero-order valence-electron chi connectivity index (χ0n) is 16.4. The molecule has 2 aromatic rings. The summed E-state index contributed by atoms with van der Waals surface area (Å²) >= 11 is 0. The van der Waals surface area contributed by atoms with E-state index in [1.807, 2.05) is 42.2 Å². The second-order valence-electron chi connectivity index (χ2n) is 7.33. The summed E-state index contributed by atoms with van der Waals surface area (Å²) in [6.45, 7) is 5.69. The molecule has 0 spiro atoms. The Morgan fingerprint density at radius 3 is 2.58 bits per heavy atom. The number of rotatable bonds is 6. The lowest BCUT2D eigenvalue weighted by Crippen LogP contribution is -2.35. The highest BCUT2D eigenvalue weighted by atomic mass is 16.2. The molecule has 1 aliphatic carbocycles. The number of hydrogen-bond donors (Lipinski definition) is 0. The van der Waals surface area contributed by atoms with Crippen LogP contribution in [0.1, 0.15) is 62.7 Å². The van der Waals surface area contributed by atoms with Crippen LogP contribution >= 0.6 is 0 Å². The van der Waals surface area contributed by atoms with Gasteiger partial charge in [-0.2, -0.15) is 0 Å². The van der Waals surface area contributed by atoms with E-state index in [1.54, 1.807) is 0 Å². The second-order valence-corrected chi connectivity index (χ2v) is 7.33. The molecule has 0 N–H and O–H groups in total. The van der Waals surface area contributed by atoms with Crippen LogP contribution in [0.4, 0.5) is 5.82 Å². The van der Waals surface area contributed by atoms with Gasteiger partial charge < -0.3 is 9.80 Å². The van der Waals surface area contributed by atoms with Crippen LogP contribution in [0.5, 0.6) is 0 Å². The number of amides is 1. The zero-order chi connectivity index (χ0) is 18.5. The van der Waals surface area contributed by atoms with Crippen molar-refractivity contribution in [3.8, 4) is 0 Å². The van der Waals surface area contributed by atoms with Gasteiger partial charge in [-0.25, -0.2) is 4.98 Å². The third kappa shape index (κ3) is 3.84. The first kappa shape index (κ1) is 18.7. The molecule has 0 radical (unpaired) electrons. The minimum atomic E-state index is 0.117. The van der Waals surface area contributed by atoms with Crippen LogP contribution in [0.15, 0.2) is 30.3 Å². The lowest BCUT2D eigenvalue weighted by Gasteiger charge is -2.32. The molecule has 1 amide bonds. The fraction of sp³-hybridized carbons (Fsp3) is 0.545. The number of carbonyl (C=O) groups excluding carboxylic acids is 1. The maximum atomic E-state index is 13.2. The number of nitrogens with zero attached hydrogens (tertiary/aromatic N) is 3. The first-order chi connectivity index (χ1) is 12.7. The van der Waals surface area contributed by atoms with E-state index >= 15 is 0 Å². The maximum absolute atomic E-state index is 13.2. The number of hydrogen-bond acceptors (Lipinski definition) is 3. The van der Waals surface area contributed by atoms with Crippen LogP contribution in [0, 0.1) is 0 Å². The highest BCUT2D eigenvalue weighted by Crippen LogP contribution is 2.29. The van der Waals surface area contributed by atoms with Crippen LogP contribution < -0.4 is 4.90 Å². The summed E-state index contributed by atoms with van der Waals surface area (Å²) in [5, 5.41) is 0.952. The summed E-state index contributed by atoms with van der Waals surface area (Å²) < 4.78 is 0. The van der Waals surface area contributed by atoms with Gasteiger partial charge in [-0.05, 0) is 38.3 Å². The molecule has 0 unspecified atom stereocenters. The van der Waals surface area contributed by atoms with Gasteiger partial charge >= 0.3 is 0 Å². The Bertz CT molecular complexity index is 752. The van der Waals surface area contributed by atoms with E-state index in [0.29, 0.717) is 6.04 Å². The highest BCUT2D eigenvalue weighted by molar-refractivity contribution is 6.07. The Morgan fingerprint density at radius 2 is 1.88 bits per heavy atom. The van der Waals surface area contributed by atoms with Gasteiger partial charge in [-0.3, -0.25) is 4.79 Å². The van der Waals surface area contributed by atoms with Gasteiger partial charge in [0.1, 0.15) is 5.82 Å². The van der Waals surface area contributed by atoms with Crippen LogP contribution in [-0.4, -0.2) is 42.0 Å². The van der Waals surface area contributed by atoms with Gasteiger partial charge in [0.15, 0.2) is 0 Å². The lowest BCUT2D eigenvalue weighted by atomic mass is 9.94. The Hall–Kier alpha value is -2.10. The summed E-state index contributed by atoms with van der Waals surface area (Å²) in [6, 6.07) is 10.6. The fourth-order valence-electron chi connectivity index (χ4n) is 4.02. The summed E-state index contributed by atoms with van der Waals surface area (Å²) in [6.07, 6.45) is 7.30. The van der Waals surface area contributed by atoms with Crippen molar-refractivity contribution in [1.82, 2.24) is 9.88 Å². The molecule has 1 saturated carbocycles. The van der Waals surface area contributed by atoms with Crippen LogP contribution in [0.2, 0.25) is 0 Å². The Kier molecular flexibility index (Phi) is 6.12. The van der Waals surface area contributed by atoms with E-state index in [9.17, 15) is 4.79 Å². The smallest absolute Gasteiger partial charge is 0.254 e. The fourth-order valence-corrected chi connectivity index (χ4v) is 4.02. The first-order valence-corrected chi connectivity index (χ1v) is 10.1. The van der Waals surface area contributed by atoms with Crippen molar-refractivity contribution in [2.24, 2.45) is 0 Å². The molecule has 1 fully saturated rings. The number of benzene rings is 1. The minimum absolute atomic E-state index is 0.117. The van der Waals surface area contributed by atoms with Crippen molar-refractivity contribution >= 4 is 22.6 Å². The van der Waals surface area contributed by atoms with Crippen molar-refractivity contribution < 1.29 is 4.79 Å². The SMILES string of the molecule is CCCN(CC)C(=O)c1cc(N(C)C2CCCCC2)nc2ccccc12. The predicted octanol–water partition coefficient (Wildman–Crippen LogP) is 4.88. The molecule has 3 rings (SSSR count). The standard InChI is InChI=1S/C22H31N3O/c1-4-15-25(5-2)22(26)19-16-21(23-20-14-10-9-13-18(19)20)24(3)17-11-7-6-8-12-17/h9-10,13-14,16-17H,4-8,11-12,15H2,1-3H3. The summed E-state index contributed by atoms with van der Waals surface area (Å²) in [5.41, 5.74) is 1.69. The van der Waals surface area contributed by atoms with E-state index in [1.165, 1.54) is 32.1 Å². The summed E-state index contributed by atoms with van der Waals surface area (Å²) in [7, 11) is 2.13. The number of fused-ring (bicyclic) bond motifs is 1. The quantitative estimate of drug-likeness (QED) is 0.743. The van der Waals surface area contributed by atoms with Gasteiger partial charge in [0.25, 0.3) is 5.91 Å². The van der Waals surface area contributed by atoms with Crippen molar-refractivity contribution in [1.29, 1.82) is 0 Å². The van der Waals surface area contributed by atoms with Crippen molar-refractivity contribution in [2.75, 3.05) is 25.0 Å². The molecule has 0 saturated heterocycles. The predicted molar refractivity (Wildman–Crippen MR) is 109 cm³/mol. The zero-order valence-corrected chi connectivity index (χ0v) is 16.4. The van der Waals surface area contributed by atoms with Gasteiger partial charge in [0.2, 0.25) is 0 Å². The van der Waals surface area contributed by atoms with Gasteiger partial charge in [-0.1, -0.05) is 44.4 Å². The lowest BCUT2D eigenvalue weighted by molar-refractivity contribution is 0.0766. The monoisotopic (exact) mass is 353 g/mol. The average molecular weight is 354 g/mol. The van der Waals surface area contributed by atoms with Crippen LogP contribution in [0.3, 0.4) is 0 Å². The molecule has 4 nitrogen and oxygen atoms in total. The highest BCUT2D eigenvalue weighted by Gasteiger charge is 2.23. The van der Waals surface area contributed by atoms with E-state index in [2.05, 4.69) is 18.9 Å². The topological polar surface area (TPSA) is 36.4 Å². The molecule has 0 aliphatic heterocycles. The summed E-state index contributed by atoms with van der Waals surface area (Å²) in [4.78, 5) is 22.3. The molecular formula is C22H31N3O. The molecule has 1 aromatic carbocycles. The largest absolute Gasteiger partial charge is 0.357 e. The third-order valence-electron chi connectivity index (χ3n) is 5.58. The number of para-hydroxylation sites is 1. The van der Waals surface area contributed by atoms with Gasteiger partial charge in [-0.15, -0.1) is 0 Å². The molecular weight excluding hydrogens is 322 g/mol. The number of anilines is 1. The van der Waals surface area contributed by atoms with E-state index in [0.717, 1.165) is 41.8 Å². The number of pyridine rings is 1. The second kappa shape index (κ2) is 8.52. The Labute approximate surface area is 157 Å². The molecule has 4 heteroatoms.